The van der Waals surface area contributed by atoms with Crippen molar-refractivity contribution in [2.75, 3.05) is 0 Å². The van der Waals surface area contributed by atoms with Crippen molar-refractivity contribution in [3.05, 3.63) is 65.0 Å². The molecule has 0 unspecified atom stereocenters. The number of rotatable bonds is 5. The van der Waals surface area contributed by atoms with E-state index in [1.165, 1.54) is 25.0 Å². The number of fused-ring (bicyclic) bond motifs is 1. The topological polar surface area (TPSA) is 44.8 Å². The van der Waals surface area contributed by atoms with E-state index < -0.39 is 6.29 Å². The summed E-state index contributed by atoms with van der Waals surface area (Å²) in [5.41, 5.74) is 2.05. The van der Waals surface area contributed by atoms with Crippen LogP contribution in [0, 0.1) is 11.7 Å². The van der Waals surface area contributed by atoms with E-state index in [2.05, 4.69) is 0 Å². The van der Waals surface area contributed by atoms with Crippen molar-refractivity contribution >= 4 is 5.97 Å². The Labute approximate surface area is 158 Å². The van der Waals surface area contributed by atoms with Crippen molar-refractivity contribution in [3.8, 4) is 5.75 Å². The minimum absolute atomic E-state index is 0.00710. The van der Waals surface area contributed by atoms with E-state index in [-0.39, 0.29) is 25.0 Å². The molecular formula is C22H23FO4. The fourth-order valence-electron chi connectivity index (χ4n) is 3.83. The third-order valence-corrected chi connectivity index (χ3v) is 5.21. The number of carbonyl (C=O) groups is 1. The lowest BCUT2D eigenvalue weighted by Crippen LogP contribution is -2.20. The SMILES string of the molecule is O=C(CC1CCCC1)OCc1cc(F)cc2c1O[C@H](c1ccccc1)OC2. The Kier molecular flexibility index (Phi) is 5.39. The maximum atomic E-state index is 14.0. The van der Waals surface area contributed by atoms with Gasteiger partial charge in [0, 0.05) is 23.1 Å². The number of hydrogen-bond acceptors (Lipinski definition) is 4. The second-order valence-corrected chi connectivity index (χ2v) is 7.24. The number of esters is 1. The normalized spacial score (nSPS) is 19.4. The Morgan fingerprint density at radius 1 is 1.15 bits per heavy atom. The summed E-state index contributed by atoms with van der Waals surface area (Å²) in [5, 5.41) is 0. The average molecular weight is 370 g/mol. The number of halogens is 1. The van der Waals surface area contributed by atoms with E-state index in [0.29, 0.717) is 29.2 Å². The van der Waals surface area contributed by atoms with Crippen LogP contribution in [0.25, 0.3) is 0 Å². The van der Waals surface area contributed by atoms with Crippen LogP contribution in [0.2, 0.25) is 0 Å². The second-order valence-electron chi connectivity index (χ2n) is 7.24. The summed E-state index contributed by atoms with van der Waals surface area (Å²) in [6.45, 7) is 0.253. The summed E-state index contributed by atoms with van der Waals surface area (Å²) in [7, 11) is 0. The maximum Gasteiger partial charge on any atom is 0.306 e. The van der Waals surface area contributed by atoms with Crippen LogP contribution in [-0.2, 0) is 27.5 Å². The summed E-state index contributed by atoms with van der Waals surface area (Å²) in [6.07, 6.45) is 4.42. The molecule has 2 aliphatic rings. The van der Waals surface area contributed by atoms with Crippen LogP contribution in [0.15, 0.2) is 42.5 Å². The van der Waals surface area contributed by atoms with E-state index in [1.54, 1.807) is 0 Å². The van der Waals surface area contributed by atoms with E-state index in [0.717, 1.165) is 18.4 Å². The van der Waals surface area contributed by atoms with Gasteiger partial charge in [-0.25, -0.2) is 4.39 Å². The van der Waals surface area contributed by atoms with E-state index in [4.69, 9.17) is 14.2 Å². The van der Waals surface area contributed by atoms with Crippen molar-refractivity contribution < 1.29 is 23.4 Å². The molecule has 0 bridgehead atoms. The predicted octanol–water partition coefficient (Wildman–Crippen LogP) is 5.06. The minimum atomic E-state index is -0.558. The highest BCUT2D eigenvalue weighted by Crippen LogP contribution is 2.37. The van der Waals surface area contributed by atoms with E-state index in [9.17, 15) is 9.18 Å². The molecule has 0 radical (unpaired) electrons. The lowest BCUT2D eigenvalue weighted by molar-refractivity contribution is -0.146. The van der Waals surface area contributed by atoms with Gasteiger partial charge in [0.15, 0.2) is 0 Å². The van der Waals surface area contributed by atoms with Crippen LogP contribution in [0.4, 0.5) is 4.39 Å². The summed E-state index contributed by atoms with van der Waals surface area (Å²) in [6, 6.07) is 12.4. The standard InChI is InChI=1S/C22H23FO4/c23-19-11-17(13-25-20(24)10-15-6-4-5-7-15)21-18(12-19)14-26-22(27-21)16-8-2-1-3-9-16/h1-3,8-9,11-12,15,22H,4-7,10,13-14H2/t22-/m1/s1. The molecule has 1 saturated carbocycles. The zero-order valence-electron chi connectivity index (χ0n) is 15.2. The molecule has 0 saturated heterocycles. The first-order chi connectivity index (χ1) is 13.2. The Bertz CT molecular complexity index is 799. The van der Waals surface area contributed by atoms with E-state index >= 15 is 0 Å². The first kappa shape index (κ1) is 18.0. The molecule has 1 atom stereocenters. The van der Waals surface area contributed by atoms with Gasteiger partial charge >= 0.3 is 5.97 Å². The van der Waals surface area contributed by atoms with Gasteiger partial charge in [-0.05, 0) is 30.9 Å². The molecule has 2 aromatic rings. The summed E-state index contributed by atoms with van der Waals surface area (Å²) in [5.74, 6) is 0.351. The third kappa shape index (κ3) is 4.30. The average Bonchev–Trinajstić information content (AvgIpc) is 3.19. The van der Waals surface area contributed by atoms with Gasteiger partial charge in [-0.2, -0.15) is 0 Å². The zero-order valence-corrected chi connectivity index (χ0v) is 15.2. The Morgan fingerprint density at radius 2 is 1.93 bits per heavy atom. The van der Waals surface area contributed by atoms with Crippen molar-refractivity contribution in [1.29, 1.82) is 0 Å². The summed E-state index contributed by atoms with van der Waals surface area (Å²) in [4.78, 5) is 12.1. The molecule has 4 rings (SSSR count). The number of carbonyl (C=O) groups excluding carboxylic acids is 1. The lowest BCUT2D eigenvalue weighted by atomic mass is 10.0. The van der Waals surface area contributed by atoms with E-state index in [1.807, 2.05) is 30.3 Å². The van der Waals surface area contributed by atoms with Crippen LogP contribution < -0.4 is 4.74 Å². The largest absolute Gasteiger partial charge is 0.461 e. The first-order valence-electron chi connectivity index (χ1n) is 9.49. The quantitative estimate of drug-likeness (QED) is 0.691. The molecule has 1 aliphatic heterocycles. The lowest BCUT2D eigenvalue weighted by Gasteiger charge is -2.28. The summed E-state index contributed by atoms with van der Waals surface area (Å²) < 4.78 is 31.1. The minimum Gasteiger partial charge on any atom is -0.461 e. The highest BCUT2D eigenvalue weighted by molar-refractivity contribution is 5.69. The fourth-order valence-corrected chi connectivity index (χ4v) is 3.83. The number of hydrogen-bond donors (Lipinski definition) is 0. The second kappa shape index (κ2) is 8.09. The third-order valence-electron chi connectivity index (χ3n) is 5.21. The van der Waals surface area contributed by atoms with Gasteiger partial charge in [0.25, 0.3) is 0 Å². The molecule has 0 amide bonds. The predicted molar refractivity (Wildman–Crippen MR) is 97.4 cm³/mol. The highest BCUT2D eigenvalue weighted by Gasteiger charge is 2.26. The molecule has 1 aliphatic carbocycles. The monoisotopic (exact) mass is 370 g/mol. The molecule has 4 nitrogen and oxygen atoms in total. The van der Waals surface area contributed by atoms with Gasteiger partial charge in [-0.1, -0.05) is 43.2 Å². The molecule has 142 valence electrons. The van der Waals surface area contributed by atoms with Crippen LogP contribution in [0.5, 0.6) is 5.75 Å². The number of ether oxygens (including phenoxy) is 3. The van der Waals surface area contributed by atoms with Crippen LogP contribution in [0.1, 0.15) is 55.1 Å². The van der Waals surface area contributed by atoms with Crippen molar-refractivity contribution in [2.45, 2.75) is 51.6 Å². The van der Waals surface area contributed by atoms with Gasteiger partial charge in [-0.15, -0.1) is 0 Å². The van der Waals surface area contributed by atoms with Gasteiger partial charge < -0.3 is 14.2 Å². The molecule has 0 N–H and O–H groups in total. The maximum absolute atomic E-state index is 14.0. The van der Waals surface area contributed by atoms with Gasteiger partial charge in [0.05, 0.1) is 6.61 Å². The highest BCUT2D eigenvalue weighted by atomic mass is 19.1. The van der Waals surface area contributed by atoms with Crippen molar-refractivity contribution in [1.82, 2.24) is 0 Å². The van der Waals surface area contributed by atoms with Crippen LogP contribution >= 0.6 is 0 Å². The fraction of sp³-hybridized carbons (Fsp3) is 0.409. The molecule has 1 heterocycles. The van der Waals surface area contributed by atoms with Gasteiger partial charge in [-0.3, -0.25) is 4.79 Å². The smallest absolute Gasteiger partial charge is 0.306 e. The van der Waals surface area contributed by atoms with Crippen molar-refractivity contribution in [2.24, 2.45) is 5.92 Å². The molecule has 1 fully saturated rings. The van der Waals surface area contributed by atoms with Crippen molar-refractivity contribution in [3.63, 3.8) is 0 Å². The van der Waals surface area contributed by atoms with Crippen LogP contribution in [0.3, 0.4) is 0 Å². The molecule has 2 aromatic carbocycles. The van der Waals surface area contributed by atoms with Gasteiger partial charge in [0.2, 0.25) is 6.29 Å². The molecule has 0 aromatic heterocycles. The molecule has 5 heteroatoms. The van der Waals surface area contributed by atoms with Gasteiger partial charge in [0.1, 0.15) is 18.2 Å². The molecule has 0 spiro atoms. The number of benzene rings is 2. The summed E-state index contributed by atoms with van der Waals surface area (Å²) >= 11 is 0. The Morgan fingerprint density at radius 3 is 2.70 bits per heavy atom. The molecule has 27 heavy (non-hydrogen) atoms. The van der Waals surface area contributed by atoms with Crippen LogP contribution in [-0.4, -0.2) is 5.97 Å². The first-order valence-corrected chi connectivity index (χ1v) is 9.49. The Balaban J connectivity index is 1.47. The zero-order chi connectivity index (χ0) is 18.6. The Hall–Kier alpha value is -2.40. The molecular weight excluding hydrogens is 347 g/mol.